The van der Waals surface area contributed by atoms with Crippen molar-refractivity contribution in [3.05, 3.63) is 83.7 Å². The van der Waals surface area contributed by atoms with Gasteiger partial charge in [0.15, 0.2) is 11.0 Å². The summed E-state index contributed by atoms with van der Waals surface area (Å²) in [6, 6.07) is 18.0. The summed E-state index contributed by atoms with van der Waals surface area (Å²) >= 11 is 1.38. The SMILES string of the molecule is Cc1ccc(-n2c(SC(C)C(=O)Nc3ccc(C)cc3C)nnc2-c2ccncc2)cc1. The van der Waals surface area contributed by atoms with Crippen LogP contribution < -0.4 is 5.32 Å². The lowest BCUT2D eigenvalue weighted by Crippen LogP contribution is -2.23. The number of nitrogens with zero attached hydrogens (tertiary/aromatic N) is 4. The molecule has 0 fully saturated rings. The van der Waals surface area contributed by atoms with Crippen LogP contribution in [-0.2, 0) is 4.79 Å². The van der Waals surface area contributed by atoms with E-state index in [1.807, 2.05) is 61.7 Å². The fourth-order valence-electron chi connectivity index (χ4n) is 3.36. The third-order valence-corrected chi connectivity index (χ3v) is 6.20. The molecule has 0 saturated carbocycles. The molecule has 0 radical (unpaired) electrons. The molecule has 2 aromatic carbocycles. The first-order chi connectivity index (χ1) is 15.4. The van der Waals surface area contributed by atoms with Crippen LogP contribution in [0.1, 0.15) is 23.6 Å². The highest BCUT2D eigenvalue weighted by molar-refractivity contribution is 8.00. The molecule has 1 unspecified atom stereocenters. The Morgan fingerprint density at radius 3 is 2.31 bits per heavy atom. The first-order valence-electron chi connectivity index (χ1n) is 10.4. The van der Waals surface area contributed by atoms with Crippen molar-refractivity contribution in [2.75, 3.05) is 5.32 Å². The number of anilines is 1. The molecule has 1 atom stereocenters. The maximum absolute atomic E-state index is 12.9. The van der Waals surface area contributed by atoms with Crippen LogP contribution in [0, 0.1) is 20.8 Å². The predicted molar refractivity (Wildman–Crippen MR) is 129 cm³/mol. The van der Waals surface area contributed by atoms with Gasteiger partial charge in [-0.15, -0.1) is 10.2 Å². The molecule has 1 amide bonds. The smallest absolute Gasteiger partial charge is 0.237 e. The Morgan fingerprint density at radius 2 is 1.62 bits per heavy atom. The monoisotopic (exact) mass is 443 g/mol. The Bertz CT molecular complexity index is 1240. The highest BCUT2D eigenvalue weighted by Crippen LogP contribution is 2.30. The summed E-state index contributed by atoms with van der Waals surface area (Å²) in [6.07, 6.45) is 3.46. The van der Waals surface area contributed by atoms with Gasteiger partial charge in [-0.05, 0) is 63.6 Å². The Labute approximate surface area is 192 Å². The van der Waals surface area contributed by atoms with E-state index in [1.54, 1.807) is 12.4 Å². The zero-order chi connectivity index (χ0) is 22.7. The fraction of sp³-hybridized carbons (Fsp3) is 0.200. The number of nitrogens with one attached hydrogen (secondary N) is 1. The van der Waals surface area contributed by atoms with Crippen LogP contribution in [0.15, 0.2) is 72.1 Å². The quantitative estimate of drug-likeness (QED) is 0.405. The summed E-state index contributed by atoms with van der Waals surface area (Å²) in [5, 5.41) is 12.2. The topological polar surface area (TPSA) is 72.7 Å². The summed E-state index contributed by atoms with van der Waals surface area (Å²) in [5.74, 6) is 0.631. The number of rotatable bonds is 6. The zero-order valence-electron chi connectivity index (χ0n) is 18.5. The van der Waals surface area contributed by atoms with Crippen LogP contribution in [0.5, 0.6) is 0 Å². The standard InChI is InChI=1S/C25H25N5OS/c1-16-5-8-21(9-6-16)30-23(20-11-13-26-14-12-20)28-29-25(30)32-19(4)24(31)27-22-10-7-17(2)15-18(22)3/h5-15,19H,1-4H3,(H,27,31). The normalized spacial score (nSPS) is 11.9. The van der Waals surface area contributed by atoms with Gasteiger partial charge >= 0.3 is 0 Å². The molecule has 0 saturated heterocycles. The van der Waals surface area contributed by atoms with Crippen LogP contribution >= 0.6 is 11.8 Å². The van der Waals surface area contributed by atoms with Crippen molar-refractivity contribution in [2.45, 2.75) is 38.1 Å². The fourth-order valence-corrected chi connectivity index (χ4v) is 4.23. The second kappa shape index (κ2) is 9.36. The average Bonchev–Trinajstić information content (AvgIpc) is 3.20. The van der Waals surface area contributed by atoms with Gasteiger partial charge in [0.25, 0.3) is 0 Å². The maximum Gasteiger partial charge on any atom is 0.237 e. The van der Waals surface area contributed by atoms with Gasteiger partial charge in [-0.2, -0.15) is 0 Å². The lowest BCUT2D eigenvalue weighted by atomic mass is 10.1. The average molecular weight is 444 g/mol. The molecule has 7 heteroatoms. The second-order valence-corrected chi connectivity index (χ2v) is 9.09. The van der Waals surface area contributed by atoms with Crippen LogP contribution in [0.2, 0.25) is 0 Å². The molecule has 32 heavy (non-hydrogen) atoms. The van der Waals surface area contributed by atoms with Gasteiger partial charge in [0, 0.05) is 29.3 Å². The number of thioether (sulfide) groups is 1. The zero-order valence-corrected chi connectivity index (χ0v) is 19.4. The minimum absolute atomic E-state index is 0.0779. The van der Waals surface area contributed by atoms with Gasteiger partial charge < -0.3 is 5.32 Å². The first-order valence-corrected chi connectivity index (χ1v) is 11.3. The Morgan fingerprint density at radius 1 is 0.938 bits per heavy atom. The van der Waals surface area contributed by atoms with Gasteiger partial charge in [0.2, 0.25) is 5.91 Å². The Balaban J connectivity index is 1.63. The van der Waals surface area contributed by atoms with Gasteiger partial charge in [-0.25, -0.2) is 0 Å². The highest BCUT2D eigenvalue weighted by Gasteiger charge is 2.22. The Hall–Kier alpha value is -3.45. The van der Waals surface area contributed by atoms with E-state index in [1.165, 1.54) is 17.3 Å². The predicted octanol–water partition coefficient (Wildman–Crippen LogP) is 5.37. The van der Waals surface area contributed by atoms with Crippen molar-refractivity contribution in [3.8, 4) is 17.1 Å². The van der Waals surface area contributed by atoms with Crippen molar-refractivity contribution in [1.82, 2.24) is 19.7 Å². The minimum atomic E-state index is -0.366. The summed E-state index contributed by atoms with van der Waals surface area (Å²) in [5.41, 5.74) is 6.05. The number of pyridine rings is 1. The minimum Gasteiger partial charge on any atom is -0.325 e. The van der Waals surface area contributed by atoms with E-state index in [-0.39, 0.29) is 11.2 Å². The van der Waals surface area contributed by atoms with E-state index in [4.69, 9.17) is 0 Å². The number of benzene rings is 2. The van der Waals surface area contributed by atoms with Crippen LogP contribution in [0.3, 0.4) is 0 Å². The van der Waals surface area contributed by atoms with Crippen molar-refractivity contribution in [3.63, 3.8) is 0 Å². The molecule has 4 aromatic rings. The Kier molecular flexibility index (Phi) is 6.37. The number of amides is 1. The number of hydrogen-bond donors (Lipinski definition) is 1. The van der Waals surface area contributed by atoms with Gasteiger partial charge in [0.1, 0.15) is 0 Å². The molecular formula is C25H25N5OS. The van der Waals surface area contributed by atoms with E-state index in [0.717, 1.165) is 28.1 Å². The lowest BCUT2D eigenvalue weighted by Gasteiger charge is -2.15. The second-order valence-electron chi connectivity index (χ2n) is 7.78. The molecule has 0 aliphatic rings. The summed E-state index contributed by atoms with van der Waals surface area (Å²) in [4.78, 5) is 17.0. The van der Waals surface area contributed by atoms with Crippen LogP contribution in [0.4, 0.5) is 5.69 Å². The molecule has 2 aromatic heterocycles. The molecular weight excluding hydrogens is 418 g/mol. The van der Waals surface area contributed by atoms with Crippen LogP contribution in [-0.4, -0.2) is 30.9 Å². The van der Waals surface area contributed by atoms with E-state index >= 15 is 0 Å². The van der Waals surface area contributed by atoms with Gasteiger partial charge in [0.05, 0.1) is 5.25 Å². The van der Waals surface area contributed by atoms with Crippen molar-refractivity contribution in [1.29, 1.82) is 0 Å². The van der Waals surface area contributed by atoms with E-state index in [2.05, 4.69) is 45.6 Å². The number of carbonyl (C=O) groups excluding carboxylic acids is 1. The molecule has 4 rings (SSSR count). The van der Waals surface area contributed by atoms with E-state index < -0.39 is 0 Å². The molecule has 162 valence electrons. The van der Waals surface area contributed by atoms with Gasteiger partial charge in [-0.3, -0.25) is 14.3 Å². The molecule has 0 bridgehead atoms. The number of hydrogen-bond acceptors (Lipinski definition) is 5. The molecule has 2 heterocycles. The van der Waals surface area contributed by atoms with Crippen molar-refractivity contribution >= 4 is 23.4 Å². The molecule has 0 aliphatic carbocycles. The number of carbonyl (C=O) groups is 1. The van der Waals surface area contributed by atoms with E-state index in [0.29, 0.717) is 11.0 Å². The molecule has 6 nitrogen and oxygen atoms in total. The number of aromatic nitrogens is 4. The maximum atomic E-state index is 12.9. The highest BCUT2D eigenvalue weighted by atomic mass is 32.2. The van der Waals surface area contributed by atoms with Crippen LogP contribution in [0.25, 0.3) is 17.1 Å². The summed E-state index contributed by atoms with van der Waals surface area (Å²) < 4.78 is 1.99. The number of aryl methyl sites for hydroxylation is 3. The summed E-state index contributed by atoms with van der Waals surface area (Å²) in [7, 11) is 0. The molecule has 1 N–H and O–H groups in total. The van der Waals surface area contributed by atoms with Crippen molar-refractivity contribution < 1.29 is 4.79 Å². The molecule has 0 spiro atoms. The third-order valence-electron chi connectivity index (χ3n) is 5.16. The third kappa shape index (κ3) is 4.73. The van der Waals surface area contributed by atoms with E-state index in [9.17, 15) is 4.79 Å². The first kappa shape index (κ1) is 21.8. The lowest BCUT2D eigenvalue weighted by molar-refractivity contribution is -0.115. The van der Waals surface area contributed by atoms with Gasteiger partial charge in [-0.1, -0.05) is 47.2 Å². The molecule has 0 aliphatic heterocycles. The summed E-state index contributed by atoms with van der Waals surface area (Å²) in [6.45, 7) is 7.96. The largest absolute Gasteiger partial charge is 0.325 e. The van der Waals surface area contributed by atoms with Crippen molar-refractivity contribution in [2.24, 2.45) is 0 Å².